The molecule has 10 nitrogen and oxygen atoms in total. The average Bonchev–Trinajstić information content (AvgIpc) is 2.41. The molecule has 0 saturated carbocycles. The van der Waals surface area contributed by atoms with Crippen LogP contribution in [0.4, 0.5) is 0 Å². The zero-order valence-electron chi connectivity index (χ0n) is 10.9. The van der Waals surface area contributed by atoms with Crippen LogP contribution in [0.1, 0.15) is 6.42 Å². The molecule has 0 aliphatic carbocycles. The molecule has 0 aliphatic rings. The minimum absolute atomic E-state index is 0.171. The van der Waals surface area contributed by atoms with Crippen molar-refractivity contribution in [1.82, 2.24) is 10.6 Å². The van der Waals surface area contributed by atoms with Crippen LogP contribution in [-0.2, 0) is 19.2 Å². The largest absolute Gasteiger partial charge is 0.481 e. The fraction of sp³-hybridized carbons (Fsp3) is 0.600. The molecule has 0 spiro atoms. The number of rotatable bonds is 9. The Morgan fingerprint density at radius 3 is 1.95 bits per heavy atom. The molecule has 0 heterocycles. The standard InChI is InChI=1S/C10H17N3O7S/c11-4(2-14)8(17)13-6(3-21)9(18)12-5(10(19)20)1-7(15)16/h4-6,14,21H,1-3,11H2,(H,12,18)(H,13,17)(H,15,16)(H,19,20)/t4-,5-,6-/m0/s1. The van der Waals surface area contributed by atoms with E-state index < -0.39 is 54.9 Å². The summed E-state index contributed by atoms with van der Waals surface area (Å²) in [7, 11) is 0. The molecule has 7 N–H and O–H groups in total. The number of thiol groups is 1. The predicted octanol–water partition coefficient (Wildman–Crippen LogP) is -3.24. The van der Waals surface area contributed by atoms with Crippen molar-refractivity contribution in [2.75, 3.05) is 12.4 Å². The van der Waals surface area contributed by atoms with Gasteiger partial charge >= 0.3 is 11.9 Å². The van der Waals surface area contributed by atoms with E-state index in [1.54, 1.807) is 0 Å². The number of aliphatic hydroxyl groups is 1. The Morgan fingerprint density at radius 2 is 1.57 bits per heavy atom. The van der Waals surface area contributed by atoms with Crippen molar-refractivity contribution in [1.29, 1.82) is 0 Å². The highest BCUT2D eigenvalue weighted by Gasteiger charge is 2.28. The van der Waals surface area contributed by atoms with Gasteiger partial charge < -0.3 is 31.7 Å². The van der Waals surface area contributed by atoms with E-state index in [-0.39, 0.29) is 5.75 Å². The maximum absolute atomic E-state index is 11.8. The van der Waals surface area contributed by atoms with E-state index >= 15 is 0 Å². The second-order valence-corrected chi connectivity index (χ2v) is 4.40. The number of carboxylic acids is 2. The summed E-state index contributed by atoms with van der Waals surface area (Å²) in [4.78, 5) is 44.5. The molecular formula is C10H17N3O7S. The quantitative estimate of drug-likeness (QED) is 0.216. The molecule has 120 valence electrons. The third kappa shape index (κ3) is 6.92. The highest BCUT2D eigenvalue weighted by Crippen LogP contribution is 1.97. The van der Waals surface area contributed by atoms with E-state index in [9.17, 15) is 19.2 Å². The number of nitrogens with two attached hydrogens (primary N) is 1. The molecule has 0 saturated heterocycles. The molecule has 11 heteroatoms. The maximum atomic E-state index is 11.8. The van der Waals surface area contributed by atoms with Gasteiger partial charge in [-0.25, -0.2) is 4.79 Å². The number of aliphatic carboxylic acids is 2. The lowest BCUT2D eigenvalue weighted by Gasteiger charge is -2.20. The number of hydrogen-bond acceptors (Lipinski definition) is 7. The predicted molar refractivity (Wildman–Crippen MR) is 72.7 cm³/mol. The third-order valence-electron chi connectivity index (χ3n) is 2.34. The highest BCUT2D eigenvalue weighted by molar-refractivity contribution is 7.80. The Balaban J connectivity index is 4.73. The molecule has 0 fully saturated rings. The summed E-state index contributed by atoms with van der Waals surface area (Å²) >= 11 is 3.83. The molecule has 0 aromatic rings. The van der Waals surface area contributed by atoms with Crippen molar-refractivity contribution < 1.29 is 34.5 Å². The van der Waals surface area contributed by atoms with Crippen molar-refractivity contribution >= 4 is 36.4 Å². The second-order valence-electron chi connectivity index (χ2n) is 4.03. The van der Waals surface area contributed by atoms with Crippen LogP contribution in [0, 0.1) is 0 Å². The fourth-order valence-electron chi connectivity index (χ4n) is 1.20. The number of carbonyl (C=O) groups is 4. The van der Waals surface area contributed by atoms with Crippen molar-refractivity contribution in [3.63, 3.8) is 0 Å². The minimum atomic E-state index is -1.64. The van der Waals surface area contributed by atoms with Gasteiger partial charge in [0, 0.05) is 5.75 Å². The molecule has 0 aliphatic heterocycles. The molecule has 0 aromatic carbocycles. The third-order valence-corrected chi connectivity index (χ3v) is 2.71. The van der Waals surface area contributed by atoms with Crippen molar-refractivity contribution in [3.05, 3.63) is 0 Å². The van der Waals surface area contributed by atoms with Gasteiger partial charge in [0.25, 0.3) is 0 Å². The first kappa shape index (κ1) is 19.1. The van der Waals surface area contributed by atoms with E-state index in [4.69, 9.17) is 21.1 Å². The molecule has 21 heavy (non-hydrogen) atoms. The Bertz CT molecular complexity index is 417. The second kappa shape index (κ2) is 9.15. The normalized spacial score (nSPS) is 14.6. The maximum Gasteiger partial charge on any atom is 0.326 e. The average molecular weight is 323 g/mol. The summed E-state index contributed by atoms with van der Waals surface area (Å²) in [6.07, 6.45) is -0.815. The van der Waals surface area contributed by atoms with E-state index in [1.165, 1.54) is 0 Å². The lowest BCUT2D eigenvalue weighted by Crippen LogP contribution is -2.56. The van der Waals surface area contributed by atoms with Gasteiger partial charge in [-0.15, -0.1) is 0 Å². The number of carboxylic acid groups (broad SMARTS) is 2. The molecule has 3 atom stereocenters. The summed E-state index contributed by atoms with van der Waals surface area (Å²) in [6.45, 7) is -0.635. The Morgan fingerprint density at radius 1 is 1.05 bits per heavy atom. The van der Waals surface area contributed by atoms with Crippen LogP contribution in [0.5, 0.6) is 0 Å². The molecule has 0 radical (unpaired) electrons. The Hall–Kier alpha value is -1.85. The summed E-state index contributed by atoms with van der Waals surface area (Å²) in [5, 5.41) is 30.2. The van der Waals surface area contributed by atoms with Crippen molar-refractivity contribution in [2.45, 2.75) is 24.5 Å². The molecule has 0 bridgehead atoms. The van der Waals surface area contributed by atoms with E-state index in [0.717, 1.165) is 0 Å². The fourth-order valence-corrected chi connectivity index (χ4v) is 1.46. The van der Waals surface area contributed by atoms with Gasteiger partial charge in [0.2, 0.25) is 11.8 Å². The Kier molecular flexibility index (Phi) is 8.35. The van der Waals surface area contributed by atoms with E-state index in [2.05, 4.69) is 17.9 Å². The van der Waals surface area contributed by atoms with Gasteiger partial charge in [0.05, 0.1) is 13.0 Å². The molecule has 0 rings (SSSR count). The van der Waals surface area contributed by atoms with Crippen LogP contribution in [0.15, 0.2) is 0 Å². The first-order chi connectivity index (χ1) is 9.72. The molecule has 0 aromatic heterocycles. The van der Waals surface area contributed by atoms with Crippen molar-refractivity contribution in [2.24, 2.45) is 5.73 Å². The molecular weight excluding hydrogens is 306 g/mol. The number of aliphatic hydroxyl groups excluding tert-OH is 1. The first-order valence-electron chi connectivity index (χ1n) is 5.75. The first-order valence-corrected chi connectivity index (χ1v) is 6.38. The van der Waals surface area contributed by atoms with Crippen LogP contribution in [0.2, 0.25) is 0 Å². The summed E-state index contributed by atoms with van der Waals surface area (Å²) in [6, 6.07) is -4.09. The monoisotopic (exact) mass is 323 g/mol. The van der Waals surface area contributed by atoms with Gasteiger partial charge in [0.15, 0.2) is 0 Å². The van der Waals surface area contributed by atoms with Gasteiger partial charge in [-0.05, 0) is 0 Å². The molecule has 2 amide bonds. The van der Waals surface area contributed by atoms with E-state index in [1.807, 2.05) is 5.32 Å². The summed E-state index contributed by atoms with van der Waals surface area (Å²) < 4.78 is 0. The smallest absolute Gasteiger partial charge is 0.326 e. The van der Waals surface area contributed by atoms with Gasteiger partial charge in [-0.2, -0.15) is 12.6 Å². The summed E-state index contributed by atoms with van der Waals surface area (Å²) in [5.74, 6) is -4.85. The Labute approximate surface area is 125 Å². The van der Waals surface area contributed by atoms with Gasteiger partial charge in [0.1, 0.15) is 18.1 Å². The zero-order valence-corrected chi connectivity index (χ0v) is 11.7. The minimum Gasteiger partial charge on any atom is -0.481 e. The van der Waals surface area contributed by atoms with Crippen LogP contribution in [0.3, 0.4) is 0 Å². The topological polar surface area (TPSA) is 179 Å². The highest BCUT2D eigenvalue weighted by atomic mass is 32.1. The van der Waals surface area contributed by atoms with Gasteiger partial charge in [-0.3, -0.25) is 14.4 Å². The zero-order chi connectivity index (χ0) is 16.6. The van der Waals surface area contributed by atoms with Crippen LogP contribution in [0.25, 0.3) is 0 Å². The van der Waals surface area contributed by atoms with Crippen LogP contribution >= 0.6 is 12.6 Å². The lowest BCUT2D eigenvalue weighted by atomic mass is 10.2. The van der Waals surface area contributed by atoms with Crippen LogP contribution < -0.4 is 16.4 Å². The van der Waals surface area contributed by atoms with Crippen LogP contribution in [-0.4, -0.2) is 69.6 Å². The number of hydrogen-bond donors (Lipinski definition) is 7. The SMILES string of the molecule is N[C@@H](CO)C(=O)N[C@@H](CS)C(=O)N[C@@H](CC(=O)O)C(=O)O. The number of amides is 2. The number of nitrogens with one attached hydrogen (secondary N) is 2. The molecule has 0 unspecified atom stereocenters. The lowest BCUT2D eigenvalue weighted by molar-refractivity contribution is -0.147. The number of carbonyl (C=O) groups excluding carboxylic acids is 2. The summed E-state index contributed by atoms with van der Waals surface area (Å²) in [5.41, 5.74) is 5.24. The van der Waals surface area contributed by atoms with Gasteiger partial charge in [-0.1, -0.05) is 0 Å². The van der Waals surface area contributed by atoms with Crippen molar-refractivity contribution in [3.8, 4) is 0 Å². The van der Waals surface area contributed by atoms with E-state index in [0.29, 0.717) is 0 Å².